The molecule has 0 radical (unpaired) electrons. The molecule has 0 saturated carbocycles. The molecule has 0 spiro atoms. The van der Waals surface area contributed by atoms with Crippen LogP contribution in [0.2, 0.25) is 0 Å². The third-order valence-electron chi connectivity index (χ3n) is 1.06. The van der Waals surface area contributed by atoms with Gasteiger partial charge >= 0.3 is 12.1 Å². The van der Waals surface area contributed by atoms with Gasteiger partial charge in [-0.2, -0.15) is 0 Å². The van der Waals surface area contributed by atoms with Gasteiger partial charge in [0.2, 0.25) is 0 Å². The summed E-state index contributed by atoms with van der Waals surface area (Å²) in [5, 5.41) is 0. The highest BCUT2D eigenvalue weighted by Crippen LogP contribution is 2.02. The van der Waals surface area contributed by atoms with Gasteiger partial charge in [-0.1, -0.05) is 11.6 Å². The highest BCUT2D eigenvalue weighted by atomic mass is 35.5. The van der Waals surface area contributed by atoms with Crippen LogP contribution in [0.1, 0.15) is 13.8 Å². The minimum absolute atomic E-state index is 0.654. The van der Waals surface area contributed by atoms with Crippen LogP contribution in [-0.4, -0.2) is 30.9 Å². The topological polar surface area (TPSA) is 61.8 Å². The average Bonchev–Trinajstić information content (AvgIpc) is 2.01. The van der Waals surface area contributed by atoms with E-state index in [0.717, 1.165) is 0 Å². The van der Waals surface area contributed by atoms with E-state index in [1.807, 2.05) is 0 Å². The summed E-state index contributed by atoms with van der Waals surface area (Å²) in [5.74, 6) is -0.654. The summed E-state index contributed by atoms with van der Waals surface area (Å²) in [6.07, 6.45) is -1.99. The maximum Gasteiger partial charge on any atom is 0.510 e. The van der Waals surface area contributed by atoms with Gasteiger partial charge in [-0.05, 0) is 13.8 Å². The van der Waals surface area contributed by atoms with Gasteiger partial charge in [0.05, 0.1) is 7.11 Å². The fraction of sp³-hybridized carbons (Fsp3) is 0.714. The molecule has 6 heteroatoms. The minimum atomic E-state index is -1.000. The number of esters is 1. The predicted octanol–water partition coefficient (Wildman–Crippen LogP) is 1.29. The van der Waals surface area contributed by atoms with E-state index >= 15 is 0 Å². The minimum Gasteiger partial charge on any atom is -0.466 e. The lowest BCUT2D eigenvalue weighted by molar-refractivity contribution is -0.150. The molecule has 0 aromatic rings. The van der Waals surface area contributed by atoms with Crippen molar-refractivity contribution in [3.05, 3.63) is 0 Å². The number of carbonyl (C=O) groups excluding carboxylic acids is 2. The van der Waals surface area contributed by atoms with Crippen LogP contribution in [0.5, 0.6) is 0 Å². The number of ether oxygens (including phenoxy) is 3. The van der Waals surface area contributed by atoms with E-state index in [4.69, 9.17) is 11.6 Å². The zero-order valence-corrected chi connectivity index (χ0v) is 8.33. The van der Waals surface area contributed by atoms with Crippen molar-refractivity contribution >= 4 is 23.7 Å². The van der Waals surface area contributed by atoms with Crippen LogP contribution in [0.15, 0.2) is 0 Å². The molecular weight excluding hydrogens is 200 g/mol. The van der Waals surface area contributed by atoms with Gasteiger partial charge in [-0.25, -0.2) is 9.59 Å². The van der Waals surface area contributed by atoms with E-state index in [0.29, 0.717) is 0 Å². The van der Waals surface area contributed by atoms with Gasteiger partial charge in [-0.15, -0.1) is 0 Å². The van der Waals surface area contributed by atoms with Crippen LogP contribution in [0, 0.1) is 0 Å². The maximum atomic E-state index is 10.7. The van der Waals surface area contributed by atoms with Gasteiger partial charge in [0.1, 0.15) is 0 Å². The smallest absolute Gasteiger partial charge is 0.466 e. The Morgan fingerprint density at radius 2 is 1.77 bits per heavy atom. The van der Waals surface area contributed by atoms with Gasteiger partial charge in [0, 0.05) is 0 Å². The molecule has 13 heavy (non-hydrogen) atoms. The lowest BCUT2D eigenvalue weighted by Gasteiger charge is -2.11. The highest BCUT2D eigenvalue weighted by Gasteiger charge is 2.19. The molecule has 0 aliphatic heterocycles. The lowest BCUT2D eigenvalue weighted by atomic mass is 10.4. The van der Waals surface area contributed by atoms with E-state index < -0.39 is 23.8 Å². The van der Waals surface area contributed by atoms with Crippen LogP contribution in [0.3, 0.4) is 0 Å². The molecule has 0 aromatic heterocycles. The zero-order chi connectivity index (χ0) is 10.4. The van der Waals surface area contributed by atoms with E-state index in [-0.39, 0.29) is 0 Å². The Kier molecular flexibility index (Phi) is 5.22. The maximum absolute atomic E-state index is 10.7. The molecule has 0 aliphatic carbocycles. The third-order valence-corrected chi connectivity index (χ3v) is 1.15. The lowest BCUT2D eigenvalue weighted by Crippen LogP contribution is -2.26. The van der Waals surface area contributed by atoms with Gasteiger partial charge < -0.3 is 14.2 Å². The molecule has 0 aliphatic rings. The largest absolute Gasteiger partial charge is 0.510 e. The molecule has 2 atom stereocenters. The van der Waals surface area contributed by atoms with Crippen LogP contribution in [0.4, 0.5) is 4.79 Å². The second-order valence-corrected chi connectivity index (χ2v) is 2.81. The number of alkyl halides is 1. The van der Waals surface area contributed by atoms with E-state index in [1.165, 1.54) is 21.0 Å². The first-order chi connectivity index (χ1) is 5.97. The number of rotatable bonds is 3. The second-order valence-electron chi connectivity index (χ2n) is 2.19. The molecule has 0 bridgehead atoms. The normalized spacial score (nSPS) is 14.2. The molecule has 5 nitrogen and oxygen atoms in total. The van der Waals surface area contributed by atoms with Gasteiger partial charge in [0.25, 0.3) is 0 Å². The summed E-state index contributed by atoms with van der Waals surface area (Å²) in [6, 6.07) is 0. The molecule has 0 amide bonds. The summed E-state index contributed by atoms with van der Waals surface area (Å²) in [5.41, 5.74) is -0.794. The van der Waals surface area contributed by atoms with E-state index in [9.17, 15) is 9.59 Å². The van der Waals surface area contributed by atoms with Crippen molar-refractivity contribution in [3.8, 4) is 0 Å². The van der Waals surface area contributed by atoms with E-state index in [1.54, 1.807) is 0 Å². The molecule has 2 unspecified atom stereocenters. The van der Waals surface area contributed by atoms with Crippen molar-refractivity contribution in [2.75, 3.05) is 7.11 Å². The Hall–Kier alpha value is -0.970. The molecule has 0 rings (SSSR count). The van der Waals surface area contributed by atoms with Crippen LogP contribution in [0.25, 0.3) is 0 Å². The quantitative estimate of drug-likeness (QED) is 0.519. The van der Waals surface area contributed by atoms with Crippen molar-refractivity contribution in [2.45, 2.75) is 25.5 Å². The Morgan fingerprint density at radius 3 is 2.15 bits per heavy atom. The number of halogens is 1. The van der Waals surface area contributed by atoms with Crippen LogP contribution >= 0.6 is 11.6 Å². The fourth-order valence-electron chi connectivity index (χ4n) is 0.519. The van der Waals surface area contributed by atoms with Crippen molar-refractivity contribution in [1.29, 1.82) is 0 Å². The summed E-state index contributed by atoms with van der Waals surface area (Å²) >= 11 is 5.33. The van der Waals surface area contributed by atoms with Crippen molar-refractivity contribution in [1.82, 2.24) is 0 Å². The molecule has 0 N–H and O–H groups in total. The highest BCUT2D eigenvalue weighted by molar-refractivity contribution is 6.19. The fourth-order valence-corrected chi connectivity index (χ4v) is 0.592. The summed E-state index contributed by atoms with van der Waals surface area (Å²) in [4.78, 5) is 21.5. The molecule has 0 aromatic carbocycles. The SMILES string of the molecule is COC(=O)C(C)OC(=O)OC(C)Cl. The average molecular weight is 211 g/mol. The standard InChI is InChI=1S/C7H11ClO5/c1-4(6(9)11-3)12-7(10)13-5(2)8/h4-5H,1-3H3. The van der Waals surface area contributed by atoms with Gasteiger partial charge in [0.15, 0.2) is 11.7 Å². The third kappa shape index (κ3) is 5.30. The Labute approximate surface area is 80.9 Å². The molecular formula is C7H11ClO5. The molecule has 0 heterocycles. The number of hydrogen-bond donors (Lipinski definition) is 0. The molecule has 76 valence electrons. The predicted molar refractivity (Wildman–Crippen MR) is 44.4 cm³/mol. The zero-order valence-electron chi connectivity index (χ0n) is 7.57. The van der Waals surface area contributed by atoms with Crippen LogP contribution < -0.4 is 0 Å². The summed E-state index contributed by atoms with van der Waals surface area (Å²) in [7, 11) is 1.19. The Morgan fingerprint density at radius 1 is 1.23 bits per heavy atom. The summed E-state index contributed by atoms with van der Waals surface area (Å²) in [6.45, 7) is 2.82. The first-order valence-electron chi connectivity index (χ1n) is 3.56. The first-order valence-corrected chi connectivity index (χ1v) is 4.00. The summed E-state index contributed by atoms with van der Waals surface area (Å²) < 4.78 is 13.2. The van der Waals surface area contributed by atoms with Crippen molar-refractivity contribution in [2.24, 2.45) is 0 Å². The van der Waals surface area contributed by atoms with Crippen molar-refractivity contribution in [3.63, 3.8) is 0 Å². The number of carbonyl (C=O) groups is 2. The number of hydrogen-bond acceptors (Lipinski definition) is 5. The van der Waals surface area contributed by atoms with Crippen molar-refractivity contribution < 1.29 is 23.8 Å². The second kappa shape index (κ2) is 5.64. The molecule has 0 saturated heterocycles. The Bertz CT molecular complexity index is 191. The van der Waals surface area contributed by atoms with E-state index in [2.05, 4.69) is 14.2 Å². The monoisotopic (exact) mass is 210 g/mol. The van der Waals surface area contributed by atoms with Gasteiger partial charge in [-0.3, -0.25) is 0 Å². The molecule has 0 fully saturated rings. The first kappa shape index (κ1) is 12.0. The number of methoxy groups -OCH3 is 1. The van der Waals surface area contributed by atoms with Crippen LogP contribution in [-0.2, 0) is 19.0 Å². The Balaban J connectivity index is 3.85.